The van der Waals surface area contributed by atoms with Gasteiger partial charge in [-0.15, -0.1) is 0 Å². The van der Waals surface area contributed by atoms with E-state index in [4.69, 9.17) is 5.10 Å². The smallest absolute Gasteiger partial charge is 0.337 e. The summed E-state index contributed by atoms with van der Waals surface area (Å²) in [6.45, 7) is 6.28. The lowest BCUT2D eigenvalue weighted by molar-refractivity contribution is -0.116. The Morgan fingerprint density at radius 3 is 2.34 bits per heavy atom. The second-order valence-electron chi connectivity index (χ2n) is 8.30. The van der Waals surface area contributed by atoms with Crippen molar-refractivity contribution in [3.8, 4) is 5.69 Å². The van der Waals surface area contributed by atoms with Crippen molar-refractivity contribution in [3.63, 3.8) is 0 Å². The number of benzene rings is 2. The minimum absolute atomic E-state index is 0.107. The molecule has 2 aromatic carbocycles. The molecule has 180 valence electrons. The number of hydrogen-bond donors (Lipinski definition) is 1. The summed E-state index contributed by atoms with van der Waals surface area (Å²) >= 11 is 0. The zero-order valence-corrected chi connectivity index (χ0v) is 20.3. The van der Waals surface area contributed by atoms with Gasteiger partial charge < -0.3 is 10.1 Å². The highest BCUT2D eigenvalue weighted by molar-refractivity contribution is 5.93. The number of carbonyl (C=O) groups is 2. The van der Waals surface area contributed by atoms with Crippen molar-refractivity contribution in [1.82, 2.24) is 14.3 Å². The average Bonchev–Trinajstić information content (AvgIpc) is 3.21. The molecule has 0 bridgehead atoms. The van der Waals surface area contributed by atoms with E-state index in [2.05, 4.69) is 10.1 Å². The number of pyridine rings is 1. The molecule has 1 amide bonds. The summed E-state index contributed by atoms with van der Waals surface area (Å²) in [7, 11) is 1.32. The number of carbonyl (C=O) groups excluding carboxylic acids is 2. The molecule has 2 aromatic heterocycles. The molecule has 0 aliphatic carbocycles. The van der Waals surface area contributed by atoms with Crippen molar-refractivity contribution < 1.29 is 14.3 Å². The Hall–Kier alpha value is -4.20. The number of ether oxygens (including phenoxy) is 1. The van der Waals surface area contributed by atoms with Crippen molar-refractivity contribution in [2.45, 2.75) is 40.2 Å². The molecule has 0 aliphatic heterocycles. The van der Waals surface area contributed by atoms with Crippen LogP contribution in [0, 0.1) is 13.8 Å². The molecule has 8 nitrogen and oxygen atoms in total. The van der Waals surface area contributed by atoms with Gasteiger partial charge in [0.15, 0.2) is 0 Å². The van der Waals surface area contributed by atoms with Crippen LogP contribution in [0.2, 0.25) is 0 Å². The quantitative estimate of drug-likeness (QED) is 0.407. The minimum atomic E-state index is -0.438. The first-order valence-corrected chi connectivity index (χ1v) is 11.5. The van der Waals surface area contributed by atoms with E-state index >= 15 is 0 Å². The van der Waals surface area contributed by atoms with E-state index in [9.17, 15) is 14.4 Å². The highest BCUT2D eigenvalue weighted by Crippen LogP contribution is 2.26. The van der Waals surface area contributed by atoms with Crippen LogP contribution >= 0.6 is 0 Å². The SMILES string of the molecule is CCn1c(=O)c(CCC(=O)Nc2ccc(C(=O)OC)cc2)c(C)c2c(C)nn(-c3ccccc3)c21. The monoisotopic (exact) mass is 472 g/mol. The molecule has 0 spiro atoms. The Kier molecular flexibility index (Phi) is 6.82. The number of nitrogens with zero attached hydrogens (tertiary/aromatic N) is 3. The lowest BCUT2D eigenvalue weighted by atomic mass is 10.0. The third-order valence-electron chi connectivity index (χ3n) is 6.13. The number of nitrogens with one attached hydrogen (secondary N) is 1. The summed E-state index contributed by atoms with van der Waals surface area (Å²) in [5, 5.41) is 8.49. The predicted molar refractivity (Wildman–Crippen MR) is 135 cm³/mol. The van der Waals surface area contributed by atoms with Gasteiger partial charge in [0.1, 0.15) is 5.65 Å². The van der Waals surface area contributed by atoms with Gasteiger partial charge in [0.25, 0.3) is 5.56 Å². The first kappa shape index (κ1) is 23.9. The number of aromatic nitrogens is 3. The zero-order chi connectivity index (χ0) is 25.1. The lowest BCUT2D eigenvalue weighted by Gasteiger charge is -2.14. The molecule has 1 N–H and O–H groups in total. The van der Waals surface area contributed by atoms with Crippen LogP contribution in [0.1, 0.15) is 40.5 Å². The van der Waals surface area contributed by atoms with Gasteiger partial charge >= 0.3 is 5.97 Å². The molecule has 2 heterocycles. The second kappa shape index (κ2) is 9.97. The van der Waals surface area contributed by atoms with Crippen LogP contribution in [0.3, 0.4) is 0 Å². The molecule has 0 fully saturated rings. The van der Waals surface area contributed by atoms with E-state index in [1.54, 1.807) is 28.8 Å². The van der Waals surface area contributed by atoms with E-state index < -0.39 is 5.97 Å². The molecular formula is C27H28N4O4. The van der Waals surface area contributed by atoms with Crippen LogP contribution in [0.15, 0.2) is 59.4 Å². The number of methoxy groups -OCH3 is 1. The number of para-hydroxylation sites is 1. The molecule has 0 atom stereocenters. The van der Waals surface area contributed by atoms with Crippen LogP contribution < -0.4 is 10.9 Å². The first-order valence-electron chi connectivity index (χ1n) is 11.5. The fourth-order valence-corrected chi connectivity index (χ4v) is 4.38. The van der Waals surface area contributed by atoms with Gasteiger partial charge in [-0.05, 0) is 69.2 Å². The molecule has 4 rings (SSSR count). The molecule has 0 aliphatic rings. The molecule has 0 saturated carbocycles. The van der Waals surface area contributed by atoms with E-state index in [0.717, 1.165) is 28.0 Å². The fourth-order valence-electron chi connectivity index (χ4n) is 4.38. The van der Waals surface area contributed by atoms with E-state index in [0.29, 0.717) is 29.8 Å². The van der Waals surface area contributed by atoms with Crippen molar-refractivity contribution in [2.24, 2.45) is 0 Å². The van der Waals surface area contributed by atoms with Crippen molar-refractivity contribution >= 4 is 28.6 Å². The summed E-state index contributed by atoms with van der Waals surface area (Å²) in [6.07, 6.45) is 0.457. The summed E-state index contributed by atoms with van der Waals surface area (Å²) in [6, 6.07) is 16.2. The number of anilines is 1. The van der Waals surface area contributed by atoms with E-state index in [1.807, 2.05) is 55.8 Å². The molecule has 8 heteroatoms. The summed E-state index contributed by atoms with van der Waals surface area (Å²) in [5.74, 6) is -0.652. The maximum atomic E-state index is 13.5. The molecule has 35 heavy (non-hydrogen) atoms. The van der Waals surface area contributed by atoms with Gasteiger partial charge in [-0.2, -0.15) is 5.10 Å². The maximum Gasteiger partial charge on any atom is 0.337 e. The van der Waals surface area contributed by atoms with Gasteiger partial charge in [0.05, 0.1) is 24.1 Å². The first-order chi connectivity index (χ1) is 16.8. The number of esters is 1. The number of aryl methyl sites for hydroxylation is 3. The van der Waals surface area contributed by atoms with Crippen molar-refractivity contribution in [3.05, 3.63) is 87.3 Å². The number of amides is 1. The Morgan fingerprint density at radius 2 is 1.71 bits per heavy atom. The maximum absolute atomic E-state index is 13.5. The van der Waals surface area contributed by atoms with Crippen LogP contribution in [0.4, 0.5) is 5.69 Å². The zero-order valence-electron chi connectivity index (χ0n) is 20.3. The van der Waals surface area contributed by atoms with Crippen molar-refractivity contribution in [2.75, 3.05) is 12.4 Å². The van der Waals surface area contributed by atoms with Gasteiger partial charge in [0.2, 0.25) is 5.91 Å². The predicted octanol–water partition coefficient (Wildman–Crippen LogP) is 4.18. The number of fused-ring (bicyclic) bond motifs is 1. The second-order valence-corrected chi connectivity index (χ2v) is 8.30. The third kappa shape index (κ3) is 4.59. The van der Waals surface area contributed by atoms with Gasteiger partial charge in [-0.25, -0.2) is 9.48 Å². The van der Waals surface area contributed by atoms with Crippen LogP contribution in [0.25, 0.3) is 16.7 Å². The summed E-state index contributed by atoms with van der Waals surface area (Å²) < 4.78 is 8.23. The standard InChI is InChI=1S/C27H28N4O4/c1-5-30-25-24(18(3)29-31(25)21-9-7-6-8-10-21)17(2)22(26(30)33)15-16-23(32)28-20-13-11-19(12-14-20)27(34)35-4/h6-14H,5,15-16H2,1-4H3,(H,28,32). The summed E-state index contributed by atoms with van der Waals surface area (Å²) in [5.41, 5.74) is 4.82. The van der Waals surface area contributed by atoms with Gasteiger partial charge in [-0.1, -0.05) is 18.2 Å². The highest BCUT2D eigenvalue weighted by atomic mass is 16.5. The van der Waals surface area contributed by atoms with Crippen LogP contribution in [-0.2, 0) is 22.5 Å². The molecule has 0 unspecified atom stereocenters. The highest BCUT2D eigenvalue weighted by Gasteiger charge is 2.21. The van der Waals surface area contributed by atoms with Gasteiger partial charge in [0, 0.05) is 29.6 Å². The Balaban J connectivity index is 1.61. The summed E-state index contributed by atoms with van der Waals surface area (Å²) in [4.78, 5) is 37.7. The van der Waals surface area contributed by atoms with Gasteiger partial charge in [-0.3, -0.25) is 14.2 Å². The third-order valence-corrected chi connectivity index (χ3v) is 6.13. The minimum Gasteiger partial charge on any atom is -0.465 e. The number of rotatable bonds is 7. The number of hydrogen-bond acceptors (Lipinski definition) is 5. The Morgan fingerprint density at radius 1 is 1.03 bits per heavy atom. The molecular weight excluding hydrogens is 444 g/mol. The topological polar surface area (TPSA) is 95.2 Å². The molecule has 0 radical (unpaired) electrons. The van der Waals surface area contributed by atoms with Crippen LogP contribution in [0.5, 0.6) is 0 Å². The Labute approximate surface area is 203 Å². The average molecular weight is 473 g/mol. The molecule has 0 saturated heterocycles. The largest absolute Gasteiger partial charge is 0.465 e. The van der Waals surface area contributed by atoms with E-state index in [1.165, 1.54) is 7.11 Å². The van der Waals surface area contributed by atoms with Crippen molar-refractivity contribution in [1.29, 1.82) is 0 Å². The lowest BCUT2D eigenvalue weighted by Crippen LogP contribution is -2.27. The molecule has 4 aromatic rings. The normalized spacial score (nSPS) is 11.0. The van der Waals surface area contributed by atoms with E-state index in [-0.39, 0.29) is 17.9 Å². The Bertz CT molecular complexity index is 1450. The van der Waals surface area contributed by atoms with Crippen LogP contribution in [-0.4, -0.2) is 33.3 Å². The fraction of sp³-hybridized carbons (Fsp3) is 0.259.